The van der Waals surface area contributed by atoms with Gasteiger partial charge in [-0.05, 0) is 24.3 Å². The number of amides is 2. The van der Waals surface area contributed by atoms with Gasteiger partial charge in [-0.3, -0.25) is 9.59 Å². The maximum absolute atomic E-state index is 13.0. The predicted molar refractivity (Wildman–Crippen MR) is 80.0 cm³/mol. The van der Waals surface area contributed by atoms with Gasteiger partial charge in [0.15, 0.2) is 0 Å². The van der Waals surface area contributed by atoms with Crippen molar-refractivity contribution in [2.45, 2.75) is 0 Å². The average Bonchev–Trinajstić information content (AvgIpc) is 2.72. The molecule has 2 aliphatic heterocycles. The normalized spacial score (nSPS) is 20.3. The largest absolute Gasteiger partial charge is 0.354 e. The van der Waals surface area contributed by atoms with Crippen LogP contribution in [-0.2, 0) is 9.59 Å². The molecule has 0 bridgehead atoms. The lowest BCUT2D eigenvalue weighted by Gasteiger charge is -2.31. The Morgan fingerprint density at radius 3 is 2.27 bits per heavy atom. The number of anilines is 1. The second-order valence-corrected chi connectivity index (χ2v) is 5.91. The molecule has 1 fully saturated rings. The fourth-order valence-corrected chi connectivity index (χ4v) is 2.99. The number of quaternary nitrogens is 1. The first-order valence-corrected chi connectivity index (χ1v) is 7.47. The Bertz CT molecular complexity index is 651. The van der Waals surface area contributed by atoms with E-state index in [4.69, 9.17) is 11.6 Å². The molecule has 2 heterocycles. The summed E-state index contributed by atoms with van der Waals surface area (Å²) in [6, 6.07) is 5.21. The molecule has 0 radical (unpaired) electrons. The highest BCUT2D eigenvalue weighted by molar-refractivity contribution is 6.52. The molecule has 1 N–H and O–H groups in total. The number of nitrogens with zero attached hydrogens (tertiary/aromatic N) is 2. The van der Waals surface area contributed by atoms with E-state index in [0.717, 1.165) is 18.0 Å². The number of hydrogen-bond acceptors (Lipinski definition) is 3. The van der Waals surface area contributed by atoms with Crippen LogP contribution in [0.2, 0.25) is 0 Å². The molecule has 0 saturated carbocycles. The number of halogens is 2. The number of likely N-dealkylation sites (N-methyl/N-ethyl adjacent to an activating group) is 1. The minimum Gasteiger partial charge on any atom is -0.354 e. The molecular weight excluding hydrogens is 309 g/mol. The van der Waals surface area contributed by atoms with Crippen molar-refractivity contribution in [3.63, 3.8) is 0 Å². The first kappa shape index (κ1) is 15.0. The van der Waals surface area contributed by atoms with Crippen LogP contribution in [0, 0.1) is 5.82 Å². The Kier molecular flexibility index (Phi) is 3.88. The van der Waals surface area contributed by atoms with E-state index in [0.29, 0.717) is 18.8 Å². The molecule has 0 unspecified atom stereocenters. The van der Waals surface area contributed by atoms with E-state index in [1.54, 1.807) is 0 Å². The highest BCUT2D eigenvalue weighted by Crippen LogP contribution is 2.31. The lowest BCUT2D eigenvalue weighted by Crippen LogP contribution is -3.11. The second-order valence-electron chi connectivity index (χ2n) is 5.53. The summed E-state index contributed by atoms with van der Waals surface area (Å²) in [5, 5.41) is -0.0612. The lowest BCUT2D eigenvalue weighted by molar-refractivity contribution is -0.883. The van der Waals surface area contributed by atoms with Gasteiger partial charge in [0, 0.05) is 0 Å². The minimum atomic E-state index is -0.556. The molecule has 1 saturated heterocycles. The SMILES string of the molecule is C[NH+]1CCN(C2=C(Cl)C(=O)N(c3ccc(F)cc3)C2=O)CC1. The smallest absolute Gasteiger partial charge is 0.283 e. The zero-order valence-corrected chi connectivity index (χ0v) is 12.9. The quantitative estimate of drug-likeness (QED) is 0.778. The van der Waals surface area contributed by atoms with E-state index >= 15 is 0 Å². The first-order chi connectivity index (χ1) is 10.5. The highest BCUT2D eigenvalue weighted by atomic mass is 35.5. The average molecular weight is 325 g/mol. The number of benzene rings is 1. The molecular formula is C15H16ClFN3O2+. The van der Waals surface area contributed by atoms with Crippen molar-refractivity contribution in [2.24, 2.45) is 0 Å². The van der Waals surface area contributed by atoms with Crippen molar-refractivity contribution in [1.29, 1.82) is 0 Å². The Labute approximate surface area is 132 Å². The molecule has 116 valence electrons. The molecule has 2 amide bonds. The summed E-state index contributed by atoms with van der Waals surface area (Å²) in [4.78, 5) is 29.2. The van der Waals surface area contributed by atoms with E-state index < -0.39 is 17.6 Å². The number of carbonyl (C=O) groups excluding carboxylic acids is 2. The molecule has 3 rings (SSSR count). The van der Waals surface area contributed by atoms with E-state index in [9.17, 15) is 14.0 Å². The van der Waals surface area contributed by atoms with Gasteiger partial charge >= 0.3 is 0 Å². The highest BCUT2D eigenvalue weighted by Gasteiger charge is 2.42. The summed E-state index contributed by atoms with van der Waals surface area (Å²) in [5.41, 5.74) is 0.577. The second kappa shape index (κ2) is 5.70. The van der Waals surface area contributed by atoms with Gasteiger partial charge < -0.3 is 9.80 Å². The van der Waals surface area contributed by atoms with Crippen LogP contribution in [-0.4, -0.2) is 49.9 Å². The van der Waals surface area contributed by atoms with Crippen LogP contribution in [0.1, 0.15) is 0 Å². The van der Waals surface area contributed by atoms with Crippen molar-refractivity contribution in [3.05, 3.63) is 40.8 Å². The van der Waals surface area contributed by atoms with E-state index in [-0.39, 0.29) is 10.7 Å². The fourth-order valence-electron chi connectivity index (χ4n) is 2.70. The zero-order valence-electron chi connectivity index (χ0n) is 12.1. The molecule has 22 heavy (non-hydrogen) atoms. The van der Waals surface area contributed by atoms with Crippen LogP contribution < -0.4 is 9.80 Å². The molecule has 1 aromatic carbocycles. The summed E-state index contributed by atoms with van der Waals surface area (Å²) in [7, 11) is 2.08. The van der Waals surface area contributed by atoms with Gasteiger partial charge in [-0.1, -0.05) is 11.6 Å². The summed E-state index contributed by atoms with van der Waals surface area (Å²) in [6.07, 6.45) is 0. The number of piperazine rings is 1. The topological polar surface area (TPSA) is 45.1 Å². The number of imide groups is 1. The van der Waals surface area contributed by atoms with Crippen molar-refractivity contribution in [3.8, 4) is 0 Å². The van der Waals surface area contributed by atoms with Crippen LogP contribution >= 0.6 is 11.6 Å². The maximum atomic E-state index is 13.0. The summed E-state index contributed by atoms with van der Waals surface area (Å²) in [6.45, 7) is 3.11. The van der Waals surface area contributed by atoms with Gasteiger partial charge in [-0.2, -0.15) is 0 Å². The molecule has 7 heteroatoms. The van der Waals surface area contributed by atoms with Gasteiger partial charge in [0.25, 0.3) is 11.8 Å². The minimum absolute atomic E-state index is 0.0612. The third-order valence-corrected chi connectivity index (χ3v) is 4.36. The van der Waals surface area contributed by atoms with Gasteiger partial charge in [-0.15, -0.1) is 0 Å². The van der Waals surface area contributed by atoms with E-state index in [1.807, 2.05) is 4.90 Å². The van der Waals surface area contributed by atoms with Crippen molar-refractivity contribution >= 4 is 29.1 Å². The maximum Gasteiger partial charge on any atom is 0.283 e. The molecule has 0 aromatic heterocycles. The summed E-state index contributed by atoms with van der Waals surface area (Å²) in [5.74, 6) is -1.43. The predicted octanol–water partition coefficient (Wildman–Crippen LogP) is -0.0204. The molecule has 5 nitrogen and oxygen atoms in total. The Hall–Kier alpha value is -1.92. The molecule has 1 aromatic rings. The first-order valence-electron chi connectivity index (χ1n) is 7.09. The van der Waals surface area contributed by atoms with Crippen LogP contribution in [0.15, 0.2) is 35.0 Å². The van der Waals surface area contributed by atoms with Crippen LogP contribution in [0.25, 0.3) is 0 Å². The Morgan fingerprint density at radius 2 is 1.68 bits per heavy atom. The van der Waals surface area contributed by atoms with E-state index in [2.05, 4.69) is 7.05 Å². The monoisotopic (exact) mass is 324 g/mol. The Balaban J connectivity index is 1.88. The van der Waals surface area contributed by atoms with Crippen LogP contribution in [0.3, 0.4) is 0 Å². The van der Waals surface area contributed by atoms with Gasteiger partial charge in [0.1, 0.15) is 16.5 Å². The number of rotatable bonds is 2. The number of hydrogen-bond donors (Lipinski definition) is 1. The van der Waals surface area contributed by atoms with Gasteiger partial charge in [-0.25, -0.2) is 9.29 Å². The lowest BCUT2D eigenvalue weighted by atomic mass is 10.2. The van der Waals surface area contributed by atoms with Gasteiger partial charge in [0.2, 0.25) is 0 Å². The number of nitrogens with one attached hydrogen (secondary N) is 1. The standard InChI is InChI=1S/C15H15ClFN3O2/c1-18-6-8-19(9-7-18)13-12(16)14(21)20(15(13)22)11-4-2-10(17)3-5-11/h2-5H,6-9H2,1H3/p+1. The molecule has 0 spiro atoms. The van der Waals surface area contributed by atoms with Crippen LogP contribution in [0.5, 0.6) is 0 Å². The van der Waals surface area contributed by atoms with Gasteiger partial charge in [0.05, 0.1) is 38.9 Å². The van der Waals surface area contributed by atoms with Crippen molar-refractivity contribution < 1.29 is 18.9 Å². The third kappa shape index (κ3) is 2.48. The molecule has 2 aliphatic rings. The van der Waals surface area contributed by atoms with Crippen molar-refractivity contribution in [1.82, 2.24) is 4.90 Å². The zero-order chi connectivity index (χ0) is 15.9. The fraction of sp³-hybridized carbons (Fsp3) is 0.333. The molecule has 0 atom stereocenters. The molecule has 0 aliphatic carbocycles. The number of carbonyl (C=O) groups is 2. The third-order valence-electron chi connectivity index (χ3n) is 4.02. The van der Waals surface area contributed by atoms with Crippen LogP contribution in [0.4, 0.5) is 10.1 Å². The van der Waals surface area contributed by atoms with Crippen molar-refractivity contribution in [2.75, 3.05) is 38.1 Å². The Morgan fingerprint density at radius 1 is 1.09 bits per heavy atom. The summed E-state index contributed by atoms with van der Waals surface area (Å²) >= 11 is 6.11. The van der Waals surface area contributed by atoms with E-state index in [1.165, 1.54) is 29.2 Å². The summed E-state index contributed by atoms with van der Waals surface area (Å²) < 4.78 is 13.0.